The Balaban J connectivity index is 1.69. The van der Waals surface area contributed by atoms with Crippen molar-refractivity contribution in [2.24, 2.45) is 0 Å². The molecule has 0 spiro atoms. The van der Waals surface area contributed by atoms with Crippen LogP contribution in [0.2, 0.25) is 0 Å². The van der Waals surface area contributed by atoms with E-state index >= 15 is 0 Å². The van der Waals surface area contributed by atoms with Gasteiger partial charge in [0.25, 0.3) is 0 Å². The number of rotatable bonds is 8. The van der Waals surface area contributed by atoms with Crippen LogP contribution in [0.1, 0.15) is 25.0 Å². The zero-order valence-corrected chi connectivity index (χ0v) is 14.2. The fourth-order valence-electron chi connectivity index (χ4n) is 2.30. The first kappa shape index (κ1) is 17.2. The van der Waals surface area contributed by atoms with E-state index in [-0.39, 0.29) is 0 Å². The molecule has 2 aromatic rings. The first-order chi connectivity index (χ1) is 11.2. The third-order valence-electron chi connectivity index (χ3n) is 3.72. The van der Waals surface area contributed by atoms with E-state index in [1.54, 1.807) is 0 Å². The summed E-state index contributed by atoms with van der Waals surface area (Å²) in [5.74, 6) is 0. The Morgan fingerprint density at radius 1 is 0.696 bits per heavy atom. The van der Waals surface area contributed by atoms with E-state index < -0.39 is 0 Å². The van der Waals surface area contributed by atoms with Crippen molar-refractivity contribution < 1.29 is 4.74 Å². The maximum atomic E-state index is 5.80. The van der Waals surface area contributed by atoms with E-state index in [0.29, 0.717) is 13.2 Å². The Kier molecular flexibility index (Phi) is 7.35. The molecule has 2 aromatic carbocycles. The number of benzene rings is 2. The first-order valence-electron chi connectivity index (χ1n) is 8.21. The molecule has 23 heavy (non-hydrogen) atoms. The van der Waals surface area contributed by atoms with Gasteiger partial charge in [-0.3, -0.25) is 0 Å². The molecule has 0 N–H and O–H groups in total. The molecule has 0 fully saturated rings. The van der Waals surface area contributed by atoms with Gasteiger partial charge >= 0.3 is 0 Å². The van der Waals surface area contributed by atoms with Crippen molar-refractivity contribution in [3.8, 4) is 0 Å². The Morgan fingerprint density at radius 3 is 1.48 bits per heavy atom. The third-order valence-corrected chi connectivity index (χ3v) is 3.72. The number of ether oxygens (including phenoxy) is 1. The smallest absolute Gasteiger partial charge is 0.0678 e. The van der Waals surface area contributed by atoms with Crippen LogP contribution in [0.5, 0.6) is 0 Å². The lowest BCUT2D eigenvalue weighted by Crippen LogP contribution is -2.00. The maximum absolute atomic E-state index is 5.80. The van der Waals surface area contributed by atoms with Crippen LogP contribution in [0.15, 0.2) is 84.0 Å². The van der Waals surface area contributed by atoms with Crippen LogP contribution in [-0.2, 0) is 17.6 Å². The van der Waals surface area contributed by atoms with Crippen molar-refractivity contribution in [2.75, 3.05) is 13.2 Å². The lowest BCUT2D eigenvalue weighted by Gasteiger charge is -2.06. The Morgan fingerprint density at radius 2 is 1.09 bits per heavy atom. The highest BCUT2D eigenvalue weighted by Gasteiger charge is 1.95. The summed E-state index contributed by atoms with van der Waals surface area (Å²) in [5, 5.41) is 0. The zero-order chi connectivity index (χ0) is 16.3. The largest absolute Gasteiger partial charge is 0.373 e. The summed E-state index contributed by atoms with van der Waals surface area (Å²) in [5.41, 5.74) is 5.24. The highest BCUT2D eigenvalue weighted by molar-refractivity contribution is 5.20. The molecule has 0 unspecified atom stereocenters. The summed E-state index contributed by atoms with van der Waals surface area (Å²) in [6.07, 6.45) is 6.44. The summed E-state index contributed by atoms with van der Waals surface area (Å²) >= 11 is 0. The second-order valence-corrected chi connectivity index (χ2v) is 5.97. The fourth-order valence-corrected chi connectivity index (χ4v) is 2.30. The van der Waals surface area contributed by atoms with Crippen LogP contribution in [0.4, 0.5) is 0 Å². The normalized spacial score (nSPS) is 12.4. The highest BCUT2D eigenvalue weighted by Crippen LogP contribution is 2.06. The lowest BCUT2D eigenvalue weighted by atomic mass is 10.1. The van der Waals surface area contributed by atoms with Gasteiger partial charge in [0.05, 0.1) is 13.2 Å². The number of allylic oxidation sites excluding steroid dienone is 2. The molecule has 1 nitrogen and oxygen atoms in total. The minimum atomic E-state index is 0.698. The Bertz CT molecular complexity index is 566. The molecule has 0 aliphatic heterocycles. The molecule has 120 valence electrons. The van der Waals surface area contributed by atoms with Crippen LogP contribution < -0.4 is 0 Å². The van der Waals surface area contributed by atoms with Gasteiger partial charge in [-0.1, -0.05) is 84.0 Å². The predicted molar refractivity (Wildman–Crippen MR) is 98.6 cm³/mol. The van der Waals surface area contributed by atoms with E-state index in [9.17, 15) is 0 Å². The van der Waals surface area contributed by atoms with Gasteiger partial charge in [0.15, 0.2) is 0 Å². The molecule has 0 aromatic heterocycles. The third kappa shape index (κ3) is 7.12. The lowest BCUT2D eigenvalue weighted by molar-refractivity contribution is 0.179. The number of hydrogen-bond donors (Lipinski definition) is 0. The van der Waals surface area contributed by atoms with Crippen molar-refractivity contribution in [3.63, 3.8) is 0 Å². The van der Waals surface area contributed by atoms with E-state index in [0.717, 1.165) is 12.8 Å². The van der Waals surface area contributed by atoms with Gasteiger partial charge in [0.2, 0.25) is 0 Å². The molecule has 0 amide bonds. The second-order valence-electron chi connectivity index (χ2n) is 5.97. The first-order valence-corrected chi connectivity index (χ1v) is 8.21. The fraction of sp³-hybridized carbons (Fsp3) is 0.273. The van der Waals surface area contributed by atoms with Gasteiger partial charge in [-0.25, -0.2) is 0 Å². The van der Waals surface area contributed by atoms with Crippen LogP contribution in [0.25, 0.3) is 0 Å². The molecule has 0 saturated carbocycles. The quantitative estimate of drug-likeness (QED) is 0.595. The molecule has 0 radical (unpaired) electrons. The molecular weight excluding hydrogens is 280 g/mol. The van der Waals surface area contributed by atoms with Gasteiger partial charge in [-0.05, 0) is 37.8 Å². The Hall–Kier alpha value is -2.12. The molecule has 1 heteroatoms. The Labute approximate surface area is 140 Å². The van der Waals surface area contributed by atoms with Crippen molar-refractivity contribution in [3.05, 3.63) is 95.1 Å². The van der Waals surface area contributed by atoms with Crippen molar-refractivity contribution >= 4 is 0 Å². The van der Waals surface area contributed by atoms with Crippen molar-refractivity contribution in [1.82, 2.24) is 0 Å². The summed E-state index contributed by atoms with van der Waals surface area (Å²) in [6.45, 7) is 5.66. The summed E-state index contributed by atoms with van der Waals surface area (Å²) in [4.78, 5) is 0. The molecule has 0 heterocycles. The molecular formula is C22H26O. The average Bonchev–Trinajstić information content (AvgIpc) is 2.60. The van der Waals surface area contributed by atoms with Gasteiger partial charge in [0.1, 0.15) is 0 Å². The number of hydrogen-bond acceptors (Lipinski definition) is 1. The van der Waals surface area contributed by atoms with Crippen molar-refractivity contribution in [1.29, 1.82) is 0 Å². The van der Waals surface area contributed by atoms with Gasteiger partial charge in [-0.2, -0.15) is 0 Å². The van der Waals surface area contributed by atoms with Crippen LogP contribution in [0, 0.1) is 0 Å². The SMILES string of the molecule is CC(=CCc1ccccc1)COCC(C)=CCc1ccccc1. The van der Waals surface area contributed by atoms with Crippen molar-refractivity contribution in [2.45, 2.75) is 26.7 Å². The molecule has 2 rings (SSSR count). The van der Waals surface area contributed by atoms with Gasteiger partial charge in [-0.15, -0.1) is 0 Å². The van der Waals surface area contributed by atoms with Gasteiger partial charge < -0.3 is 4.74 Å². The van der Waals surface area contributed by atoms with Gasteiger partial charge in [0, 0.05) is 0 Å². The zero-order valence-electron chi connectivity index (χ0n) is 14.2. The standard InChI is InChI=1S/C22H26O/c1-19(13-15-21-9-5-3-6-10-21)17-23-18-20(2)14-16-22-11-7-4-8-12-22/h3-14H,15-18H2,1-2H3. The summed E-state index contributed by atoms with van der Waals surface area (Å²) < 4.78 is 5.80. The minimum absolute atomic E-state index is 0.698. The average molecular weight is 306 g/mol. The summed E-state index contributed by atoms with van der Waals surface area (Å²) in [6, 6.07) is 21.0. The minimum Gasteiger partial charge on any atom is -0.373 e. The van der Waals surface area contributed by atoms with Crippen LogP contribution >= 0.6 is 0 Å². The van der Waals surface area contributed by atoms with Crippen LogP contribution in [0.3, 0.4) is 0 Å². The molecule has 0 saturated heterocycles. The second kappa shape index (κ2) is 9.81. The van der Waals surface area contributed by atoms with E-state index in [4.69, 9.17) is 4.74 Å². The topological polar surface area (TPSA) is 9.23 Å². The summed E-state index contributed by atoms with van der Waals surface area (Å²) in [7, 11) is 0. The molecule has 0 bridgehead atoms. The predicted octanol–water partition coefficient (Wildman–Crippen LogP) is 5.38. The monoisotopic (exact) mass is 306 g/mol. The molecule has 0 aliphatic carbocycles. The highest BCUT2D eigenvalue weighted by atomic mass is 16.5. The van der Waals surface area contributed by atoms with E-state index in [1.165, 1.54) is 22.3 Å². The van der Waals surface area contributed by atoms with E-state index in [2.05, 4.69) is 74.5 Å². The maximum Gasteiger partial charge on any atom is 0.0678 e. The van der Waals surface area contributed by atoms with Crippen LogP contribution in [-0.4, -0.2) is 13.2 Å². The van der Waals surface area contributed by atoms with E-state index in [1.807, 2.05) is 12.1 Å². The molecule has 0 aliphatic rings. The molecule has 0 atom stereocenters.